The summed E-state index contributed by atoms with van der Waals surface area (Å²) in [6, 6.07) is 6.97. The second-order valence-corrected chi connectivity index (χ2v) is 3.84. The largest absolute Gasteiger partial charge is 0.494 e. The molecule has 18 heavy (non-hydrogen) atoms. The number of nitrogens with one attached hydrogen (secondary N) is 1. The normalized spacial score (nSPS) is 10.9. The highest BCUT2D eigenvalue weighted by Crippen LogP contribution is 2.29. The van der Waals surface area contributed by atoms with Crippen molar-refractivity contribution in [2.24, 2.45) is 0 Å². The van der Waals surface area contributed by atoms with Crippen LogP contribution in [0.5, 0.6) is 5.88 Å². The Balaban J connectivity index is 2.23. The Kier molecular flexibility index (Phi) is 2.19. The van der Waals surface area contributed by atoms with Gasteiger partial charge in [-0.1, -0.05) is 0 Å². The summed E-state index contributed by atoms with van der Waals surface area (Å²) in [6.07, 6.45) is 1.37. The van der Waals surface area contributed by atoms with Crippen molar-refractivity contribution >= 4 is 16.7 Å². The number of aromatic amines is 1. The summed E-state index contributed by atoms with van der Waals surface area (Å²) in [6.45, 7) is 0. The van der Waals surface area contributed by atoms with Gasteiger partial charge in [-0.05, 0) is 30.3 Å². The summed E-state index contributed by atoms with van der Waals surface area (Å²) in [7, 11) is 0. The van der Waals surface area contributed by atoms with E-state index < -0.39 is 11.6 Å². The van der Waals surface area contributed by atoms with Crippen molar-refractivity contribution in [1.82, 2.24) is 4.98 Å². The van der Waals surface area contributed by atoms with Gasteiger partial charge in [-0.3, -0.25) is 4.79 Å². The molecule has 0 spiro atoms. The van der Waals surface area contributed by atoms with E-state index in [2.05, 4.69) is 4.98 Å². The fourth-order valence-corrected chi connectivity index (χ4v) is 1.92. The maximum atomic E-state index is 13.0. The molecule has 0 amide bonds. The minimum absolute atomic E-state index is 0.0833. The third-order valence-corrected chi connectivity index (χ3v) is 2.71. The molecule has 1 aromatic carbocycles. The zero-order chi connectivity index (χ0) is 12.7. The van der Waals surface area contributed by atoms with E-state index in [1.54, 1.807) is 6.07 Å². The molecule has 3 aromatic rings. The monoisotopic (exact) mass is 245 g/mol. The van der Waals surface area contributed by atoms with Crippen molar-refractivity contribution in [3.63, 3.8) is 0 Å². The van der Waals surface area contributed by atoms with E-state index in [-0.39, 0.29) is 17.2 Å². The van der Waals surface area contributed by atoms with Crippen molar-refractivity contribution < 1.29 is 18.7 Å². The van der Waals surface area contributed by atoms with Gasteiger partial charge in [-0.15, -0.1) is 0 Å². The lowest BCUT2D eigenvalue weighted by Gasteiger charge is -1.96. The van der Waals surface area contributed by atoms with Gasteiger partial charge in [-0.25, -0.2) is 4.39 Å². The van der Waals surface area contributed by atoms with E-state index in [1.807, 2.05) is 0 Å². The minimum Gasteiger partial charge on any atom is -0.494 e. The molecule has 2 N–H and O–H groups in total. The van der Waals surface area contributed by atoms with Crippen LogP contribution in [0.25, 0.3) is 10.9 Å². The molecule has 0 unspecified atom stereocenters. The van der Waals surface area contributed by atoms with Crippen molar-refractivity contribution in [1.29, 1.82) is 0 Å². The van der Waals surface area contributed by atoms with E-state index >= 15 is 0 Å². The third-order valence-electron chi connectivity index (χ3n) is 2.71. The van der Waals surface area contributed by atoms with Crippen LogP contribution in [-0.2, 0) is 0 Å². The number of aromatic nitrogens is 1. The highest BCUT2D eigenvalue weighted by atomic mass is 19.1. The summed E-state index contributed by atoms with van der Waals surface area (Å²) in [4.78, 5) is 14.7. The maximum Gasteiger partial charge on any atom is 0.234 e. The van der Waals surface area contributed by atoms with Gasteiger partial charge in [0.15, 0.2) is 5.76 Å². The first-order valence-electron chi connectivity index (χ1n) is 5.25. The Bertz CT molecular complexity index is 728. The molecule has 3 rings (SSSR count). The first kappa shape index (κ1) is 10.6. The summed E-state index contributed by atoms with van der Waals surface area (Å²) in [5.74, 6) is -1.07. The lowest BCUT2D eigenvalue weighted by Crippen LogP contribution is -1.98. The fraction of sp³-hybridized carbons (Fsp3) is 0. The number of rotatable bonds is 2. The van der Waals surface area contributed by atoms with Crippen molar-refractivity contribution in [3.8, 4) is 5.88 Å². The van der Waals surface area contributed by atoms with Crippen LogP contribution in [0.15, 0.2) is 41.0 Å². The fourth-order valence-electron chi connectivity index (χ4n) is 1.92. The van der Waals surface area contributed by atoms with Crippen LogP contribution in [0.2, 0.25) is 0 Å². The molecule has 0 bridgehead atoms. The highest BCUT2D eigenvalue weighted by Gasteiger charge is 2.21. The average Bonchev–Trinajstić information content (AvgIpc) is 2.94. The number of furan rings is 1. The Morgan fingerprint density at radius 2 is 2.17 bits per heavy atom. The molecular formula is C13H8FNO3. The molecule has 0 radical (unpaired) electrons. The van der Waals surface area contributed by atoms with Gasteiger partial charge in [-0.2, -0.15) is 0 Å². The highest BCUT2D eigenvalue weighted by molar-refractivity contribution is 6.17. The van der Waals surface area contributed by atoms with Crippen LogP contribution in [0.4, 0.5) is 4.39 Å². The maximum absolute atomic E-state index is 13.0. The lowest BCUT2D eigenvalue weighted by molar-refractivity contribution is 0.101. The van der Waals surface area contributed by atoms with Crippen LogP contribution in [0.3, 0.4) is 0 Å². The van der Waals surface area contributed by atoms with E-state index in [0.29, 0.717) is 10.9 Å². The summed E-state index contributed by atoms with van der Waals surface area (Å²) >= 11 is 0. The molecular weight excluding hydrogens is 237 g/mol. The molecule has 0 fully saturated rings. The van der Waals surface area contributed by atoms with Crippen molar-refractivity contribution in [2.75, 3.05) is 0 Å². The predicted octanol–water partition coefficient (Wildman–Crippen LogP) is 2.84. The molecule has 2 heterocycles. The number of fused-ring (bicyclic) bond motifs is 1. The number of hydrogen-bond acceptors (Lipinski definition) is 3. The molecule has 2 aromatic heterocycles. The molecule has 0 saturated heterocycles. The van der Waals surface area contributed by atoms with E-state index in [1.165, 1.54) is 30.5 Å². The van der Waals surface area contributed by atoms with Gasteiger partial charge in [0.05, 0.1) is 17.3 Å². The zero-order valence-corrected chi connectivity index (χ0v) is 9.11. The SMILES string of the molecule is O=C(c1ccco1)c1c(O)[nH]c2cc(F)ccc12. The molecule has 0 aliphatic rings. The number of halogens is 1. The second kappa shape index (κ2) is 3.73. The average molecular weight is 245 g/mol. The van der Waals surface area contributed by atoms with Gasteiger partial charge < -0.3 is 14.5 Å². The van der Waals surface area contributed by atoms with E-state index in [9.17, 15) is 14.3 Å². The first-order chi connectivity index (χ1) is 8.66. The molecule has 0 aliphatic carbocycles. The van der Waals surface area contributed by atoms with Gasteiger partial charge in [0.2, 0.25) is 11.7 Å². The standard InChI is InChI=1S/C13H8FNO3/c14-7-3-4-8-9(6-7)15-13(17)11(8)12(16)10-2-1-5-18-10/h1-6,15,17H. The van der Waals surface area contributed by atoms with Gasteiger partial charge >= 0.3 is 0 Å². The van der Waals surface area contributed by atoms with Gasteiger partial charge in [0.1, 0.15) is 5.82 Å². The molecule has 4 nitrogen and oxygen atoms in total. The zero-order valence-electron chi connectivity index (χ0n) is 9.11. The van der Waals surface area contributed by atoms with Crippen molar-refractivity contribution in [3.05, 3.63) is 53.7 Å². The molecule has 0 aliphatic heterocycles. The van der Waals surface area contributed by atoms with Crippen LogP contribution in [0, 0.1) is 5.82 Å². The van der Waals surface area contributed by atoms with Crippen LogP contribution in [-0.4, -0.2) is 15.9 Å². The number of carbonyl (C=O) groups is 1. The minimum atomic E-state index is -0.449. The van der Waals surface area contributed by atoms with Gasteiger partial charge in [0, 0.05) is 5.39 Å². The first-order valence-corrected chi connectivity index (χ1v) is 5.25. The Labute approximate surface area is 101 Å². The number of ketones is 1. The number of benzene rings is 1. The molecule has 0 saturated carbocycles. The van der Waals surface area contributed by atoms with E-state index in [4.69, 9.17) is 4.42 Å². The van der Waals surface area contributed by atoms with Crippen LogP contribution in [0.1, 0.15) is 16.1 Å². The quantitative estimate of drug-likeness (QED) is 0.682. The topological polar surface area (TPSA) is 66.2 Å². The Morgan fingerprint density at radius 3 is 2.89 bits per heavy atom. The van der Waals surface area contributed by atoms with Gasteiger partial charge in [0.25, 0.3) is 0 Å². The number of carbonyl (C=O) groups excluding carboxylic acids is 1. The number of aromatic hydroxyl groups is 1. The second-order valence-electron chi connectivity index (χ2n) is 3.84. The molecule has 0 atom stereocenters. The predicted molar refractivity (Wildman–Crippen MR) is 62.1 cm³/mol. The number of H-pyrrole nitrogens is 1. The van der Waals surface area contributed by atoms with Crippen LogP contribution >= 0.6 is 0 Å². The summed E-state index contributed by atoms with van der Waals surface area (Å²) in [5, 5.41) is 10.2. The van der Waals surface area contributed by atoms with Crippen molar-refractivity contribution in [2.45, 2.75) is 0 Å². The number of hydrogen-bond donors (Lipinski definition) is 2. The smallest absolute Gasteiger partial charge is 0.234 e. The summed E-state index contributed by atoms with van der Waals surface area (Å²) in [5.41, 5.74) is 0.447. The molecule has 5 heteroatoms. The van der Waals surface area contributed by atoms with Crippen LogP contribution < -0.4 is 0 Å². The Morgan fingerprint density at radius 1 is 1.33 bits per heavy atom. The lowest BCUT2D eigenvalue weighted by atomic mass is 10.1. The Hall–Kier alpha value is -2.56. The third kappa shape index (κ3) is 1.48. The summed E-state index contributed by atoms with van der Waals surface area (Å²) < 4.78 is 18.0. The van der Waals surface area contributed by atoms with E-state index in [0.717, 1.165) is 0 Å². The molecule has 90 valence electrons.